The molecule has 0 radical (unpaired) electrons. The van der Waals surface area contributed by atoms with Gasteiger partial charge in [-0.1, -0.05) is 32.4 Å². The van der Waals surface area contributed by atoms with Gasteiger partial charge in [-0.15, -0.1) is 0 Å². The van der Waals surface area contributed by atoms with Crippen molar-refractivity contribution < 1.29 is 0 Å². The molecule has 0 amide bonds. The molecule has 0 saturated heterocycles. The summed E-state index contributed by atoms with van der Waals surface area (Å²) in [4.78, 5) is 11.6. The van der Waals surface area contributed by atoms with E-state index in [9.17, 15) is 0 Å². The van der Waals surface area contributed by atoms with Gasteiger partial charge in [0.2, 0.25) is 0 Å². The molecule has 0 aromatic carbocycles. The SMILES string of the molecule is CCN(CC1CC1)c1nc(C(C)(C)C)nc(Cl)c1C. The minimum Gasteiger partial charge on any atom is -0.356 e. The average molecular weight is 282 g/mol. The second kappa shape index (κ2) is 5.28. The minimum atomic E-state index is -0.0783. The predicted molar refractivity (Wildman–Crippen MR) is 81.1 cm³/mol. The number of nitrogens with zero attached hydrogens (tertiary/aromatic N) is 3. The highest BCUT2D eigenvalue weighted by atomic mass is 35.5. The maximum Gasteiger partial charge on any atom is 0.137 e. The summed E-state index contributed by atoms with van der Waals surface area (Å²) in [5.41, 5.74) is 0.919. The first-order chi connectivity index (χ1) is 8.82. The Morgan fingerprint density at radius 3 is 2.37 bits per heavy atom. The second-order valence-electron chi connectivity index (χ2n) is 6.52. The summed E-state index contributed by atoms with van der Waals surface area (Å²) in [5, 5.41) is 0.587. The van der Waals surface area contributed by atoms with Crippen LogP contribution in [0.4, 0.5) is 5.82 Å². The normalized spacial score (nSPS) is 15.7. The van der Waals surface area contributed by atoms with Crippen molar-refractivity contribution in [2.24, 2.45) is 5.92 Å². The topological polar surface area (TPSA) is 29.0 Å². The lowest BCUT2D eigenvalue weighted by Crippen LogP contribution is -2.29. The third-order valence-corrected chi connectivity index (χ3v) is 3.96. The van der Waals surface area contributed by atoms with Gasteiger partial charge in [0.05, 0.1) is 0 Å². The van der Waals surface area contributed by atoms with E-state index in [1.165, 1.54) is 12.8 Å². The number of halogens is 1. The monoisotopic (exact) mass is 281 g/mol. The molecule has 1 heterocycles. The van der Waals surface area contributed by atoms with Crippen LogP contribution in [0.15, 0.2) is 0 Å². The molecule has 1 fully saturated rings. The van der Waals surface area contributed by atoms with Crippen LogP contribution in [0.25, 0.3) is 0 Å². The second-order valence-corrected chi connectivity index (χ2v) is 6.88. The van der Waals surface area contributed by atoms with Crippen molar-refractivity contribution in [2.45, 2.75) is 52.9 Å². The van der Waals surface area contributed by atoms with Crippen LogP contribution < -0.4 is 4.90 Å². The van der Waals surface area contributed by atoms with E-state index in [2.05, 4.69) is 37.6 Å². The van der Waals surface area contributed by atoms with Crippen molar-refractivity contribution in [1.82, 2.24) is 9.97 Å². The third kappa shape index (κ3) is 3.38. The number of hydrogen-bond acceptors (Lipinski definition) is 3. The van der Waals surface area contributed by atoms with Gasteiger partial charge >= 0.3 is 0 Å². The number of anilines is 1. The number of hydrogen-bond donors (Lipinski definition) is 0. The lowest BCUT2D eigenvalue weighted by atomic mass is 9.95. The molecule has 4 heteroatoms. The van der Waals surface area contributed by atoms with Crippen LogP contribution in [-0.4, -0.2) is 23.1 Å². The Morgan fingerprint density at radius 2 is 1.89 bits per heavy atom. The summed E-state index contributed by atoms with van der Waals surface area (Å²) in [6.45, 7) is 12.6. The fraction of sp³-hybridized carbons (Fsp3) is 0.733. The Bertz CT molecular complexity index is 461. The summed E-state index contributed by atoms with van der Waals surface area (Å²) in [5.74, 6) is 2.68. The van der Waals surface area contributed by atoms with Crippen LogP contribution in [0.1, 0.15) is 51.9 Å². The van der Waals surface area contributed by atoms with Crippen molar-refractivity contribution >= 4 is 17.4 Å². The fourth-order valence-corrected chi connectivity index (χ4v) is 2.26. The number of aromatic nitrogens is 2. The quantitative estimate of drug-likeness (QED) is 0.782. The Morgan fingerprint density at radius 1 is 1.26 bits per heavy atom. The molecule has 1 aromatic heterocycles. The molecular weight excluding hydrogens is 258 g/mol. The van der Waals surface area contributed by atoms with Crippen molar-refractivity contribution in [3.63, 3.8) is 0 Å². The first-order valence-corrected chi connectivity index (χ1v) is 7.50. The Balaban J connectivity index is 2.38. The van der Waals surface area contributed by atoms with Gasteiger partial charge in [-0.2, -0.15) is 0 Å². The fourth-order valence-electron chi connectivity index (χ4n) is 2.10. The van der Waals surface area contributed by atoms with E-state index in [4.69, 9.17) is 16.6 Å². The summed E-state index contributed by atoms with van der Waals surface area (Å²) in [6.07, 6.45) is 2.70. The summed E-state index contributed by atoms with van der Waals surface area (Å²) in [7, 11) is 0. The molecule has 0 aliphatic heterocycles. The standard InChI is InChI=1S/C15H24ClN3/c1-6-19(9-11-7-8-11)13-10(2)12(16)17-14(18-13)15(3,4)5/h11H,6-9H2,1-5H3. The van der Waals surface area contributed by atoms with Crippen molar-refractivity contribution in [3.8, 4) is 0 Å². The molecular formula is C15H24ClN3. The zero-order valence-corrected chi connectivity index (χ0v) is 13.4. The van der Waals surface area contributed by atoms with Gasteiger partial charge in [0, 0.05) is 24.1 Å². The van der Waals surface area contributed by atoms with Gasteiger partial charge in [-0.25, -0.2) is 9.97 Å². The molecule has 1 aromatic rings. The van der Waals surface area contributed by atoms with Crippen molar-refractivity contribution in [3.05, 3.63) is 16.5 Å². The zero-order valence-electron chi connectivity index (χ0n) is 12.6. The molecule has 19 heavy (non-hydrogen) atoms. The summed E-state index contributed by atoms with van der Waals surface area (Å²) in [6, 6.07) is 0. The van der Waals surface area contributed by atoms with Crippen LogP contribution >= 0.6 is 11.6 Å². The third-order valence-electron chi connectivity index (χ3n) is 3.59. The summed E-state index contributed by atoms with van der Waals surface area (Å²) < 4.78 is 0. The van der Waals surface area contributed by atoms with Gasteiger partial charge in [-0.05, 0) is 32.6 Å². The molecule has 0 spiro atoms. The lowest BCUT2D eigenvalue weighted by Gasteiger charge is -2.26. The van der Waals surface area contributed by atoms with Crippen LogP contribution in [0.5, 0.6) is 0 Å². The largest absolute Gasteiger partial charge is 0.356 e. The van der Waals surface area contributed by atoms with Gasteiger partial charge in [0.15, 0.2) is 0 Å². The molecule has 0 bridgehead atoms. The van der Waals surface area contributed by atoms with Crippen LogP contribution in [-0.2, 0) is 5.41 Å². The zero-order chi connectivity index (χ0) is 14.2. The van der Waals surface area contributed by atoms with E-state index < -0.39 is 0 Å². The van der Waals surface area contributed by atoms with Crippen LogP contribution in [0.2, 0.25) is 5.15 Å². The van der Waals surface area contributed by atoms with Gasteiger partial charge < -0.3 is 4.90 Å². The van der Waals surface area contributed by atoms with E-state index in [1.54, 1.807) is 0 Å². The maximum absolute atomic E-state index is 6.30. The van der Waals surface area contributed by atoms with Crippen LogP contribution in [0, 0.1) is 12.8 Å². The highest BCUT2D eigenvalue weighted by molar-refractivity contribution is 6.30. The minimum absolute atomic E-state index is 0.0783. The molecule has 0 unspecified atom stereocenters. The highest BCUT2D eigenvalue weighted by Gasteiger charge is 2.27. The molecule has 1 aliphatic carbocycles. The summed E-state index contributed by atoms with van der Waals surface area (Å²) >= 11 is 6.30. The van der Waals surface area contributed by atoms with E-state index in [0.29, 0.717) is 5.15 Å². The Hall–Kier alpha value is -0.830. The average Bonchev–Trinajstić information content (AvgIpc) is 3.12. The van der Waals surface area contributed by atoms with E-state index in [1.807, 2.05) is 6.92 Å². The van der Waals surface area contributed by atoms with E-state index in [0.717, 1.165) is 36.2 Å². The molecule has 2 rings (SSSR count). The van der Waals surface area contributed by atoms with E-state index >= 15 is 0 Å². The maximum atomic E-state index is 6.30. The van der Waals surface area contributed by atoms with Gasteiger partial charge in [0.1, 0.15) is 16.8 Å². The molecule has 1 aliphatic rings. The lowest BCUT2D eigenvalue weighted by molar-refractivity contribution is 0.542. The molecule has 3 nitrogen and oxygen atoms in total. The van der Waals surface area contributed by atoms with Crippen LogP contribution in [0.3, 0.4) is 0 Å². The molecule has 0 N–H and O–H groups in total. The first-order valence-electron chi connectivity index (χ1n) is 7.12. The smallest absolute Gasteiger partial charge is 0.137 e. The van der Waals surface area contributed by atoms with Gasteiger partial charge in [-0.3, -0.25) is 0 Å². The van der Waals surface area contributed by atoms with Crippen molar-refractivity contribution in [2.75, 3.05) is 18.0 Å². The molecule has 106 valence electrons. The first kappa shape index (κ1) is 14.6. The highest BCUT2D eigenvalue weighted by Crippen LogP contribution is 2.33. The molecule has 1 saturated carbocycles. The Kier molecular flexibility index (Phi) is 4.05. The predicted octanol–water partition coefficient (Wildman–Crippen LogP) is 3.97. The van der Waals surface area contributed by atoms with Gasteiger partial charge in [0.25, 0.3) is 0 Å². The van der Waals surface area contributed by atoms with E-state index in [-0.39, 0.29) is 5.41 Å². The number of rotatable bonds is 4. The van der Waals surface area contributed by atoms with Crippen molar-refractivity contribution in [1.29, 1.82) is 0 Å². The Labute approximate surface area is 121 Å². The molecule has 0 atom stereocenters.